The molecule has 0 unspecified atom stereocenters. The Hall–Kier alpha value is -3.20. The Balaban J connectivity index is 1.23. The van der Waals surface area contributed by atoms with E-state index in [2.05, 4.69) is 10.2 Å². The van der Waals surface area contributed by atoms with Gasteiger partial charge in [-0.15, -0.1) is 10.2 Å². The molecule has 9 heteroatoms. The van der Waals surface area contributed by atoms with E-state index in [1.54, 1.807) is 18.2 Å². The van der Waals surface area contributed by atoms with Gasteiger partial charge in [0.05, 0.1) is 19.0 Å². The fraction of sp³-hybridized carbons (Fsp3) is 0.348. The van der Waals surface area contributed by atoms with Gasteiger partial charge in [-0.25, -0.2) is 0 Å². The number of hydrogen-bond donors (Lipinski definition) is 0. The standard InChI is InChI=1S/C23H23N3O5S/c1-26-22(12-15-3-5-18-20(11-15)29-8-2-7-28-18)24-25-23(26)32-14-17(27)16-4-6-19-21(13-16)31-10-9-30-19/h3-6,11,13H,2,7-10,12,14H2,1H3. The van der Waals surface area contributed by atoms with Crippen molar-refractivity contribution >= 4 is 17.5 Å². The third-order valence-electron chi connectivity index (χ3n) is 5.30. The van der Waals surface area contributed by atoms with E-state index >= 15 is 0 Å². The maximum atomic E-state index is 12.7. The second kappa shape index (κ2) is 9.12. The van der Waals surface area contributed by atoms with Crippen LogP contribution in [0.2, 0.25) is 0 Å². The predicted octanol–water partition coefficient (Wildman–Crippen LogP) is 3.31. The van der Waals surface area contributed by atoms with Gasteiger partial charge in [0.2, 0.25) is 0 Å². The van der Waals surface area contributed by atoms with E-state index in [1.165, 1.54) is 11.8 Å². The van der Waals surface area contributed by atoms with E-state index in [1.807, 2.05) is 29.8 Å². The number of ketones is 1. The van der Waals surface area contributed by atoms with E-state index in [0.717, 1.165) is 29.3 Å². The normalized spacial score (nSPS) is 14.7. The van der Waals surface area contributed by atoms with E-state index in [-0.39, 0.29) is 11.5 Å². The number of carbonyl (C=O) groups is 1. The van der Waals surface area contributed by atoms with Gasteiger partial charge in [-0.2, -0.15) is 0 Å². The van der Waals surface area contributed by atoms with E-state index in [9.17, 15) is 4.79 Å². The van der Waals surface area contributed by atoms with Crippen LogP contribution in [-0.2, 0) is 13.5 Å². The van der Waals surface area contributed by atoms with Gasteiger partial charge in [0.15, 0.2) is 33.9 Å². The van der Waals surface area contributed by atoms with Crippen molar-refractivity contribution in [2.75, 3.05) is 32.2 Å². The molecule has 2 aliphatic heterocycles. The largest absolute Gasteiger partial charge is 0.490 e. The fourth-order valence-electron chi connectivity index (χ4n) is 3.56. The first kappa shape index (κ1) is 20.7. The highest BCUT2D eigenvalue weighted by molar-refractivity contribution is 7.99. The number of rotatable bonds is 6. The number of ether oxygens (including phenoxy) is 4. The third kappa shape index (κ3) is 4.38. The maximum absolute atomic E-state index is 12.7. The fourth-order valence-corrected chi connectivity index (χ4v) is 4.38. The van der Waals surface area contributed by atoms with E-state index < -0.39 is 0 Å². The highest BCUT2D eigenvalue weighted by atomic mass is 32.2. The summed E-state index contributed by atoms with van der Waals surface area (Å²) >= 11 is 1.37. The molecule has 2 aromatic carbocycles. The summed E-state index contributed by atoms with van der Waals surface area (Å²) in [5.74, 6) is 3.90. The molecule has 0 aliphatic carbocycles. The summed E-state index contributed by atoms with van der Waals surface area (Å²) in [6, 6.07) is 11.2. The van der Waals surface area contributed by atoms with E-state index in [0.29, 0.717) is 55.1 Å². The molecule has 0 fully saturated rings. The van der Waals surface area contributed by atoms with Gasteiger partial charge >= 0.3 is 0 Å². The first-order valence-corrected chi connectivity index (χ1v) is 11.5. The highest BCUT2D eigenvalue weighted by Crippen LogP contribution is 2.32. The summed E-state index contributed by atoms with van der Waals surface area (Å²) in [5.41, 5.74) is 1.66. The zero-order valence-corrected chi connectivity index (χ0v) is 18.5. The number of fused-ring (bicyclic) bond motifs is 2. The molecule has 3 aromatic rings. The van der Waals surface area contributed by atoms with Crippen LogP contribution in [0.4, 0.5) is 0 Å². The molecular weight excluding hydrogens is 430 g/mol. The Morgan fingerprint density at radius 1 is 0.906 bits per heavy atom. The molecule has 0 amide bonds. The molecule has 32 heavy (non-hydrogen) atoms. The highest BCUT2D eigenvalue weighted by Gasteiger charge is 2.18. The van der Waals surface area contributed by atoms with Crippen LogP contribution < -0.4 is 18.9 Å². The predicted molar refractivity (Wildman–Crippen MR) is 118 cm³/mol. The number of thioether (sulfide) groups is 1. The van der Waals surface area contributed by atoms with Gasteiger partial charge in [-0.05, 0) is 35.9 Å². The second-order valence-electron chi connectivity index (χ2n) is 7.54. The minimum Gasteiger partial charge on any atom is -0.490 e. The van der Waals surface area contributed by atoms with Crippen molar-refractivity contribution in [3.8, 4) is 23.0 Å². The van der Waals surface area contributed by atoms with Crippen molar-refractivity contribution in [3.63, 3.8) is 0 Å². The summed E-state index contributed by atoms with van der Waals surface area (Å²) in [7, 11) is 1.91. The lowest BCUT2D eigenvalue weighted by Crippen LogP contribution is -2.16. The number of Topliss-reactive ketones (excluding diaryl/α,β-unsaturated/α-hetero) is 1. The van der Waals surface area contributed by atoms with Crippen LogP contribution in [0.3, 0.4) is 0 Å². The Kier molecular flexibility index (Phi) is 5.89. The maximum Gasteiger partial charge on any atom is 0.191 e. The van der Waals surface area contributed by atoms with Gasteiger partial charge in [0, 0.05) is 25.5 Å². The van der Waals surface area contributed by atoms with Crippen molar-refractivity contribution < 1.29 is 23.7 Å². The molecule has 1 aromatic heterocycles. The van der Waals surface area contributed by atoms with Gasteiger partial charge in [-0.3, -0.25) is 4.79 Å². The molecule has 0 saturated heterocycles. The Morgan fingerprint density at radius 3 is 2.44 bits per heavy atom. The summed E-state index contributed by atoms with van der Waals surface area (Å²) in [4.78, 5) is 12.7. The molecule has 2 aliphatic rings. The van der Waals surface area contributed by atoms with Crippen LogP contribution in [-0.4, -0.2) is 52.7 Å². The Morgan fingerprint density at radius 2 is 1.59 bits per heavy atom. The Labute approximate surface area is 189 Å². The summed E-state index contributed by atoms with van der Waals surface area (Å²) in [5, 5.41) is 9.29. The summed E-state index contributed by atoms with van der Waals surface area (Å²) < 4.78 is 24.5. The molecule has 8 nitrogen and oxygen atoms in total. The van der Waals surface area contributed by atoms with Crippen LogP contribution in [0, 0.1) is 0 Å². The minimum atomic E-state index is -0.000533. The summed E-state index contributed by atoms with van der Waals surface area (Å²) in [6.45, 7) is 2.33. The summed E-state index contributed by atoms with van der Waals surface area (Å²) in [6.07, 6.45) is 1.48. The number of nitrogens with zero attached hydrogens (tertiary/aromatic N) is 3. The van der Waals surface area contributed by atoms with Crippen LogP contribution in [0.15, 0.2) is 41.6 Å². The molecule has 0 atom stereocenters. The number of carbonyl (C=O) groups excluding carboxylic acids is 1. The van der Waals surface area contributed by atoms with Crippen LogP contribution in [0.25, 0.3) is 0 Å². The molecule has 5 rings (SSSR count). The number of aromatic nitrogens is 3. The van der Waals surface area contributed by atoms with Crippen molar-refractivity contribution in [2.24, 2.45) is 7.05 Å². The second-order valence-corrected chi connectivity index (χ2v) is 8.48. The SMILES string of the molecule is Cn1c(Cc2ccc3c(c2)OCCCO3)nnc1SCC(=O)c1ccc2c(c1)OCCO2. The quantitative estimate of drug-likeness (QED) is 0.415. The lowest BCUT2D eigenvalue weighted by Gasteiger charge is -2.18. The molecule has 0 saturated carbocycles. The van der Waals surface area contributed by atoms with Crippen LogP contribution in [0.5, 0.6) is 23.0 Å². The van der Waals surface area contributed by atoms with Crippen molar-refractivity contribution in [3.05, 3.63) is 53.3 Å². The van der Waals surface area contributed by atoms with Crippen LogP contribution in [0.1, 0.15) is 28.2 Å². The molecular formula is C23H23N3O5S. The zero-order valence-electron chi connectivity index (χ0n) is 17.7. The average Bonchev–Trinajstić information content (AvgIpc) is 3.01. The Bertz CT molecular complexity index is 1150. The van der Waals surface area contributed by atoms with Crippen molar-refractivity contribution in [1.82, 2.24) is 14.8 Å². The van der Waals surface area contributed by atoms with Gasteiger partial charge < -0.3 is 23.5 Å². The molecule has 166 valence electrons. The number of hydrogen-bond acceptors (Lipinski definition) is 8. The number of benzene rings is 2. The average molecular weight is 454 g/mol. The van der Waals surface area contributed by atoms with Gasteiger partial charge in [0.25, 0.3) is 0 Å². The third-order valence-corrected chi connectivity index (χ3v) is 6.32. The monoisotopic (exact) mass is 453 g/mol. The molecule has 0 spiro atoms. The molecule has 0 bridgehead atoms. The lowest BCUT2D eigenvalue weighted by atomic mass is 10.1. The lowest BCUT2D eigenvalue weighted by molar-refractivity contribution is 0.102. The first-order valence-electron chi connectivity index (χ1n) is 10.5. The smallest absolute Gasteiger partial charge is 0.191 e. The molecule has 0 N–H and O–H groups in total. The molecule has 3 heterocycles. The van der Waals surface area contributed by atoms with E-state index in [4.69, 9.17) is 18.9 Å². The van der Waals surface area contributed by atoms with Crippen molar-refractivity contribution in [1.29, 1.82) is 0 Å². The first-order chi connectivity index (χ1) is 15.7. The van der Waals surface area contributed by atoms with Gasteiger partial charge in [-0.1, -0.05) is 17.8 Å². The molecule has 0 radical (unpaired) electrons. The van der Waals surface area contributed by atoms with Gasteiger partial charge in [0.1, 0.15) is 19.0 Å². The van der Waals surface area contributed by atoms with Crippen molar-refractivity contribution in [2.45, 2.75) is 18.0 Å². The topological polar surface area (TPSA) is 84.7 Å². The van der Waals surface area contributed by atoms with Crippen LogP contribution >= 0.6 is 11.8 Å². The zero-order chi connectivity index (χ0) is 21.9. The minimum absolute atomic E-state index is 0.000533.